The van der Waals surface area contributed by atoms with E-state index in [4.69, 9.17) is 4.74 Å². The molecular formula is C21H26FN3O2. The molecule has 5 nitrogen and oxygen atoms in total. The maximum Gasteiger partial charge on any atom is 0.198 e. The van der Waals surface area contributed by atoms with Crippen LogP contribution in [0.2, 0.25) is 0 Å². The second-order valence-corrected chi connectivity index (χ2v) is 6.46. The Balaban J connectivity index is 1.65. The summed E-state index contributed by atoms with van der Waals surface area (Å²) in [6, 6.07) is 7.50. The molecule has 1 aromatic carbocycles. The fraction of sp³-hybridized carbons (Fsp3) is 0.381. The molecule has 2 N–H and O–H groups in total. The van der Waals surface area contributed by atoms with Crippen LogP contribution in [0.3, 0.4) is 0 Å². The number of aliphatic imine (C=N–C) groups is 1. The van der Waals surface area contributed by atoms with E-state index in [1.807, 2.05) is 24.3 Å². The molecule has 1 heterocycles. The fourth-order valence-electron chi connectivity index (χ4n) is 3.10. The molecule has 3 rings (SSSR count). The lowest BCUT2D eigenvalue weighted by Crippen LogP contribution is -2.30. The van der Waals surface area contributed by atoms with Crippen molar-refractivity contribution >= 4 is 24.1 Å². The van der Waals surface area contributed by atoms with Gasteiger partial charge >= 0.3 is 0 Å². The van der Waals surface area contributed by atoms with E-state index in [-0.39, 0.29) is 5.88 Å². The predicted molar refractivity (Wildman–Crippen MR) is 107 cm³/mol. The predicted octanol–water partition coefficient (Wildman–Crippen LogP) is 2.49. The topological polar surface area (TPSA) is 60.9 Å². The first kappa shape index (κ1) is 19.2. The summed E-state index contributed by atoms with van der Waals surface area (Å²) in [5.74, 6) is 0.807. The number of likely N-dealkylation sites (N-methyl/N-ethyl adjacent to an activating group) is 1. The average molecular weight is 371 g/mol. The number of rotatable bonds is 8. The first-order valence-corrected chi connectivity index (χ1v) is 9.37. The molecular weight excluding hydrogens is 345 g/mol. The number of ether oxygens (including phenoxy) is 1. The smallest absolute Gasteiger partial charge is 0.198 e. The van der Waals surface area contributed by atoms with E-state index >= 15 is 0 Å². The number of alkyl halides is 1. The molecule has 0 aliphatic heterocycles. The van der Waals surface area contributed by atoms with Gasteiger partial charge < -0.3 is 19.7 Å². The lowest BCUT2D eigenvalue weighted by Gasteiger charge is -2.17. The van der Waals surface area contributed by atoms with Gasteiger partial charge in [-0.2, -0.15) is 0 Å². The van der Waals surface area contributed by atoms with Crippen LogP contribution in [0.15, 0.2) is 29.3 Å². The molecule has 0 saturated heterocycles. The Morgan fingerprint density at radius 1 is 1.30 bits per heavy atom. The molecule has 0 fully saturated rings. The van der Waals surface area contributed by atoms with Gasteiger partial charge in [0.2, 0.25) is 0 Å². The summed E-state index contributed by atoms with van der Waals surface area (Å²) < 4.78 is 19.2. The number of fused-ring (bicyclic) bond motifs is 1. The monoisotopic (exact) mass is 371 g/mol. The Hall–Kier alpha value is -2.60. The van der Waals surface area contributed by atoms with Crippen LogP contribution in [-0.2, 0) is 0 Å². The third-order valence-electron chi connectivity index (χ3n) is 4.73. The van der Waals surface area contributed by atoms with Gasteiger partial charge in [0.05, 0.1) is 11.3 Å². The Kier molecular flexibility index (Phi) is 6.29. The number of benzene rings is 1. The summed E-state index contributed by atoms with van der Waals surface area (Å²) in [6.45, 7) is 7.87. The van der Waals surface area contributed by atoms with Gasteiger partial charge in [0, 0.05) is 29.7 Å². The van der Waals surface area contributed by atoms with Gasteiger partial charge in [-0.05, 0) is 43.4 Å². The maximum absolute atomic E-state index is 13.4. The third kappa shape index (κ3) is 4.77. The Morgan fingerprint density at radius 2 is 2.04 bits per heavy atom. The van der Waals surface area contributed by atoms with E-state index in [2.05, 4.69) is 28.7 Å². The summed E-state index contributed by atoms with van der Waals surface area (Å²) >= 11 is 0. The van der Waals surface area contributed by atoms with Crippen LogP contribution in [0.25, 0.3) is 12.2 Å². The van der Waals surface area contributed by atoms with E-state index in [0.717, 1.165) is 36.3 Å². The van der Waals surface area contributed by atoms with Crippen LogP contribution in [0.5, 0.6) is 11.6 Å². The number of hydrogen-bond donors (Lipinski definition) is 2. The minimum Gasteiger partial charge on any atom is -0.494 e. The quantitative estimate of drug-likeness (QED) is 0.701. The van der Waals surface area contributed by atoms with Crippen molar-refractivity contribution in [2.75, 3.05) is 26.2 Å². The highest BCUT2D eigenvalue weighted by molar-refractivity contribution is 5.85. The zero-order valence-electron chi connectivity index (χ0n) is 15.8. The fourth-order valence-corrected chi connectivity index (χ4v) is 3.10. The number of H-pyrrole nitrogens is 1. The van der Waals surface area contributed by atoms with E-state index in [9.17, 15) is 9.50 Å². The molecule has 0 spiro atoms. The zero-order valence-corrected chi connectivity index (χ0v) is 15.8. The van der Waals surface area contributed by atoms with Gasteiger partial charge in [0.1, 0.15) is 18.5 Å². The molecule has 1 aliphatic carbocycles. The number of nitrogens with zero attached hydrogens (tertiary/aromatic N) is 2. The van der Waals surface area contributed by atoms with Gasteiger partial charge in [-0.15, -0.1) is 0 Å². The van der Waals surface area contributed by atoms with Crippen LogP contribution in [0.4, 0.5) is 10.1 Å². The highest BCUT2D eigenvalue weighted by Crippen LogP contribution is 2.18. The highest BCUT2D eigenvalue weighted by Gasteiger charge is 2.12. The largest absolute Gasteiger partial charge is 0.494 e. The summed E-state index contributed by atoms with van der Waals surface area (Å²) in [5, 5.41) is 11.5. The molecule has 1 unspecified atom stereocenters. The molecule has 2 aromatic rings. The molecule has 1 aromatic heterocycles. The van der Waals surface area contributed by atoms with Crippen molar-refractivity contribution in [3.05, 3.63) is 40.4 Å². The van der Waals surface area contributed by atoms with Crippen LogP contribution in [0.1, 0.15) is 25.8 Å². The van der Waals surface area contributed by atoms with Crippen molar-refractivity contribution in [1.29, 1.82) is 0 Å². The number of aromatic nitrogens is 1. The average Bonchev–Trinajstić information content (AvgIpc) is 2.98. The van der Waals surface area contributed by atoms with Crippen LogP contribution in [-0.4, -0.2) is 53.6 Å². The summed E-state index contributed by atoms with van der Waals surface area (Å²) in [7, 11) is 0. The summed E-state index contributed by atoms with van der Waals surface area (Å²) in [4.78, 5) is 9.52. The molecule has 1 aliphatic rings. The summed E-state index contributed by atoms with van der Waals surface area (Å²) in [5.41, 5.74) is 1.33. The zero-order chi connectivity index (χ0) is 19.2. The molecule has 0 bridgehead atoms. The number of hydrogen-bond acceptors (Lipinski definition) is 4. The highest BCUT2D eigenvalue weighted by atomic mass is 19.1. The van der Waals surface area contributed by atoms with Crippen LogP contribution < -0.4 is 15.3 Å². The van der Waals surface area contributed by atoms with Crippen molar-refractivity contribution in [3.63, 3.8) is 0 Å². The van der Waals surface area contributed by atoms with Gasteiger partial charge in [0.25, 0.3) is 0 Å². The Bertz CT molecular complexity index is 899. The van der Waals surface area contributed by atoms with Gasteiger partial charge in [-0.3, -0.25) is 4.99 Å². The molecule has 0 saturated carbocycles. The summed E-state index contributed by atoms with van der Waals surface area (Å²) in [6.07, 6.45) is 4.16. The SMILES string of the molecule is CCN(CC)CCOc1ccc(N=Cc2c(O)[nH]c3c2=CCC(F)C=3)cc1. The number of aromatic hydroxyl groups is 1. The van der Waals surface area contributed by atoms with E-state index in [0.29, 0.717) is 23.9 Å². The van der Waals surface area contributed by atoms with E-state index < -0.39 is 6.17 Å². The molecule has 0 amide bonds. The van der Waals surface area contributed by atoms with Crippen LogP contribution >= 0.6 is 0 Å². The Morgan fingerprint density at radius 3 is 2.74 bits per heavy atom. The number of halogens is 1. The maximum atomic E-state index is 13.4. The van der Waals surface area contributed by atoms with Crippen molar-refractivity contribution in [2.45, 2.75) is 26.4 Å². The second-order valence-electron chi connectivity index (χ2n) is 6.46. The van der Waals surface area contributed by atoms with E-state index in [1.54, 1.807) is 12.3 Å². The standard InChI is InChI=1S/C21H26FN3O2/c1-3-25(4-2)11-12-27-17-8-6-16(7-9-17)23-14-19-18-10-5-15(22)13-20(18)24-21(19)26/h6-10,13-15,24,26H,3-5,11-12H2,1-2H3. The van der Waals surface area contributed by atoms with Crippen molar-refractivity contribution in [3.8, 4) is 11.6 Å². The molecule has 0 radical (unpaired) electrons. The van der Waals surface area contributed by atoms with Crippen LogP contribution in [0, 0.1) is 0 Å². The minimum absolute atomic E-state index is 0.00158. The molecule has 1 atom stereocenters. The molecule has 144 valence electrons. The Labute approximate surface area is 158 Å². The van der Waals surface area contributed by atoms with Gasteiger partial charge in [0.15, 0.2) is 5.88 Å². The first-order chi connectivity index (χ1) is 13.1. The van der Waals surface area contributed by atoms with Gasteiger partial charge in [-0.1, -0.05) is 19.9 Å². The first-order valence-electron chi connectivity index (χ1n) is 9.37. The molecule has 6 heteroatoms. The lowest BCUT2D eigenvalue weighted by atomic mass is 10.1. The van der Waals surface area contributed by atoms with Gasteiger partial charge in [-0.25, -0.2) is 4.39 Å². The van der Waals surface area contributed by atoms with Crippen molar-refractivity contribution < 1.29 is 14.2 Å². The van der Waals surface area contributed by atoms with E-state index in [1.165, 1.54) is 6.08 Å². The molecule has 27 heavy (non-hydrogen) atoms. The van der Waals surface area contributed by atoms with Crippen molar-refractivity contribution in [1.82, 2.24) is 9.88 Å². The third-order valence-corrected chi connectivity index (χ3v) is 4.73. The minimum atomic E-state index is -1.02. The van der Waals surface area contributed by atoms with Crippen molar-refractivity contribution in [2.24, 2.45) is 4.99 Å². The lowest BCUT2D eigenvalue weighted by molar-refractivity contribution is 0.223. The normalized spacial score (nSPS) is 16.2. The number of nitrogens with one attached hydrogen (secondary N) is 1. The second kappa shape index (κ2) is 8.86. The number of aromatic amines is 1.